The van der Waals surface area contributed by atoms with Gasteiger partial charge in [-0.15, -0.1) is 0 Å². The molecule has 0 saturated heterocycles. The first-order valence-electron chi connectivity index (χ1n) is 9.12. The smallest absolute Gasteiger partial charge is 0.251 e. The minimum Gasteiger partial charge on any atom is -0.348 e. The van der Waals surface area contributed by atoms with Crippen molar-refractivity contribution >= 4 is 15.9 Å². The molecule has 29 heavy (non-hydrogen) atoms. The van der Waals surface area contributed by atoms with Gasteiger partial charge in [0.15, 0.2) is 0 Å². The standard InChI is InChI=1S/C21H24N4O3S/c1-15-13-16(2)25(23-15)19-11-9-17(10-12-19)21(26)22-14-18-7-5-6-8-20(18)29(27,28)24(3)4/h5-13H,14H2,1-4H3,(H,22,26). The van der Waals surface area contributed by atoms with E-state index in [2.05, 4.69) is 10.4 Å². The van der Waals surface area contributed by atoms with E-state index in [1.54, 1.807) is 36.4 Å². The van der Waals surface area contributed by atoms with Crippen LogP contribution in [0.4, 0.5) is 0 Å². The molecule has 0 atom stereocenters. The first-order valence-corrected chi connectivity index (χ1v) is 10.6. The zero-order valence-electron chi connectivity index (χ0n) is 16.9. The molecule has 1 heterocycles. The Morgan fingerprint density at radius 2 is 1.72 bits per heavy atom. The zero-order chi connectivity index (χ0) is 21.2. The van der Waals surface area contributed by atoms with Crippen molar-refractivity contribution in [2.45, 2.75) is 25.3 Å². The van der Waals surface area contributed by atoms with Gasteiger partial charge in [-0.2, -0.15) is 5.10 Å². The molecular weight excluding hydrogens is 388 g/mol. The van der Waals surface area contributed by atoms with Crippen molar-refractivity contribution in [1.29, 1.82) is 0 Å². The summed E-state index contributed by atoms with van der Waals surface area (Å²) in [5.41, 5.74) is 3.83. The Labute approximate surface area is 171 Å². The molecule has 0 bridgehead atoms. The lowest BCUT2D eigenvalue weighted by Crippen LogP contribution is -2.27. The van der Waals surface area contributed by atoms with Crippen molar-refractivity contribution in [3.63, 3.8) is 0 Å². The summed E-state index contributed by atoms with van der Waals surface area (Å²) in [6, 6.07) is 15.8. The van der Waals surface area contributed by atoms with Crippen LogP contribution in [-0.2, 0) is 16.6 Å². The molecule has 3 aromatic rings. The van der Waals surface area contributed by atoms with Gasteiger partial charge in [0.1, 0.15) is 0 Å². The number of amides is 1. The molecule has 2 aromatic carbocycles. The minimum absolute atomic E-state index is 0.112. The lowest BCUT2D eigenvalue weighted by atomic mass is 10.1. The Bertz CT molecular complexity index is 1130. The summed E-state index contributed by atoms with van der Waals surface area (Å²) in [4.78, 5) is 12.7. The number of nitrogens with zero attached hydrogens (tertiary/aromatic N) is 3. The highest BCUT2D eigenvalue weighted by Gasteiger charge is 2.21. The van der Waals surface area contributed by atoms with Crippen molar-refractivity contribution in [3.05, 3.63) is 77.1 Å². The van der Waals surface area contributed by atoms with Gasteiger partial charge in [0.2, 0.25) is 10.0 Å². The number of rotatable bonds is 6. The molecule has 0 fully saturated rings. The highest BCUT2D eigenvalue weighted by Crippen LogP contribution is 2.19. The molecular formula is C21H24N4O3S. The van der Waals surface area contributed by atoms with Gasteiger partial charge in [-0.1, -0.05) is 18.2 Å². The predicted octanol–water partition coefficient (Wildman–Crippen LogP) is 2.67. The number of carbonyl (C=O) groups is 1. The summed E-state index contributed by atoms with van der Waals surface area (Å²) in [6.45, 7) is 4.01. The van der Waals surface area contributed by atoms with E-state index in [9.17, 15) is 13.2 Å². The number of nitrogens with one attached hydrogen (secondary N) is 1. The molecule has 0 aliphatic heterocycles. The van der Waals surface area contributed by atoms with Crippen LogP contribution in [0.2, 0.25) is 0 Å². The Balaban J connectivity index is 1.75. The molecule has 0 unspecified atom stereocenters. The van der Waals surface area contributed by atoms with Crippen LogP contribution < -0.4 is 5.32 Å². The maximum Gasteiger partial charge on any atom is 0.251 e. The van der Waals surface area contributed by atoms with Gasteiger partial charge in [-0.05, 0) is 55.8 Å². The largest absolute Gasteiger partial charge is 0.348 e. The first-order chi connectivity index (χ1) is 13.7. The molecule has 152 valence electrons. The van der Waals surface area contributed by atoms with Gasteiger partial charge in [-0.3, -0.25) is 4.79 Å². The lowest BCUT2D eigenvalue weighted by molar-refractivity contribution is 0.0950. The third-order valence-electron chi connectivity index (χ3n) is 4.55. The van der Waals surface area contributed by atoms with Crippen LogP contribution in [0.15, 0.2) is 59.5 Å². The molecule has 0 spiro atoms. The van der Waals surface area contributed by atoms with E-state index in [1.165, 1.54) is 14.1 Å². The summed E-state index contributed by atoms with van der Waals surface area (Å²) < 4.78 is 27.9. The second-order valence-corrected chi connectivity index (χ2v) is 9.08. The van der Waals surface area contributed by atoms with Crippen molar-refractivity contribution in [1.82, 2.24) is 19.4 Å². The van der Waals surface area contributed by atoms with Crippen molar-refractivity contribution in [2.75, 3.05) is 14.1 Å². The number of aromatic nitrogens is 2. The van der Waals surface area contributed by atoms with Gasteiger partial charge < -0.3 is 5.32 Å². The molecule has 1 N–H and O–H groups in total. The highest BCUT2D eigenvalue weighted by molar-refractivity contribution is 7.89. The normalized spacial score (nSPS) is 11.6. The minimum atomic E-state index is -3.59. The van der Waals surface area contributed by atoms with Crippen LogP contribution in [-0.4, -0.2) is 42.5 Å². The van der Waals surface area contributed by atoms with E-state index in [-0.39, 0.29) is 17.3 Å². The van der Waals surface area contributed by atoms with E-state index >= 15 is 0 Å². The molecule has 0 aliphatic rings. The SMILES string of the molecule is Cc1cc(C)n(-c2ccc(C(=O)NCc3ccccc3S(=O)(=O)N(C)C)cc2)n1. The Kier molecular flexibility index (Phi) is 5.86. The average molecular weight is 413 g/mol. The maximum absolute atomic E-state index is 12.5. The van der Waals surface area contributed by atoms with Crippen LogP contribution in [0.25, 0.3) is 5.69 Å². The Hall–Kier alpha value is -2.97. The van der Waals surface area contributed by atoms with Crippen LogP contribution in [0.3, 0.4) is 0 Å². The van der Waals surface area contributed by atoms with Gasteiger partial charge in [0.25, 0.3) is 5.91 Å². The molecule has 0 radical (unpaired) electrons. The summed E-state index contributed by atoms with van der Waals surface area (Å²) in [5.74, 6) is -0.276. The third kappa shape index (κ3) is 4.38. The number of hydrogen-bond donors (Lipinski definition) is 1. The number of sulfonamides is 1. The molecule has 0 saturated carbocycles. The van der Waals surface area contributed by atoms with E-state index in [0.717, 1.165) is 21.4 Å². The lowest BCUT2D eigenvalue weighted by Gasteiger charge is -2.15. The molecule has 3 rings (SSSR count). The topological polar surface area (TPSA) is 84.3 Å². The monoisotopic (exact) mass is 412 g/mol. The second-order valence-electron chi connectivity index (χ2n) is 6.96. The molecule has 8 heteroatoms. The first kappa shape index (κ1) is 20.8. The summed E-state index contributed by atoms with van der Waals surface area (Å²) in [5, 5.41) is 7.23. The van der Waals surface area contributed by atoms with E-state index < -0.39 is 10.0 Å². The highest BCUT2D eigenvalue weighted by atomic mass is 32.2. The fourth-order valence-electron chi connectivity index (χ4n) is 3.02. The zero-order valence-corrected chi connectivity index (χ0v) is 17.7. The number of hydrogen-bond acceptors (Lipinski definition) is 4. The molecule has 7 nitrogen and oxygen atoms in total. The van der Waals surface area contributed by atoms with Gasteiger partial charge in [0, 0.05) is 31.9 Å². The number of carbonyl (C=O) groups excluding carboxylic acids is 1. The van der Waals surface area contributed by atoms with Crippen molar-refractivity contribution in [2.24, 2.45) is 0 Å². The van der Waals surface area contributed by atoms with E-state index in [0.29, 0.717) is 11.1 Å². The Morgan fingerprint density at radius 1 is 1.07 bits per heavy atom. The summed E-state index contributed by atoms with van der Waals surface area (Å²) in [6.07, 6.45) is 0. The molecule has 1 aromatic heterocycles. The fourth-order valence-corrected chi connectivity index (χ4v) is 4.14. The maximum atomic E-state index is 12.5. The van der Waals surface area contributed by atoms with Crippen molar-refractivity contribution in [3.8, 4) is 5.69 Å². The fraction of sp³-hybridized carbons (Fsp3) is 0.238. The number of aryl methyl sites for hydroxylation is 2. The molecule has 0 aliphatic carbocycles. The summed E-state index contributed by atoms with van der Waals surface area (Å²) >= 11 is 0. The van der Waals surface area contributed by atoms with Gasteiger partial charge in [0.05, 0.1) is 16.3 Å². The Morgan fingerprint density at radius 3 is 2.31 bits per heavy atom. The van der Waals surface area contributed by atoms with Crippen molar-refractivity contribution < 1.29 is 13.2 Å². The number of benzene rings is 2. The van der Waals surface area contributed by atoms with Crippen LogP contribution >= 0.6 is 0 Å². The third-order valence-corrected chi connectivity index (χ3v) is 6.47. The molecule has 1 amide bonds. The van der Waals surface area contributed by atoms with E-state index in [1.807, 2.05) is 36.7 Å². The van der Waals surface area contributed by atoms with Crippen LogP contribution in [0.1, 0.15) is 27.3 Å². The van der Waals surface area contributed by atoms with Gasteiger partial charge >= 0.3 is 0 Å². The van der Waals surface area contributed by atoms with Crippen LogP contribution in [0.5, 0.6) is 0 Å². The van der Waals surface area contributed by atoms with Gasteiger partial charge in [-0.25, -0.2) is 17.4 Å². The average Bonchev–Trinajstić information content (AvgIpc) is 3.04. The van der Waals surface area contributed by atoms with Crippen LogP contribution in [0, 0.1) is 13.8 Å². The quantitative estimate of drug-likeness (QED) is 0.675. The summed E-state index contributed by atoms with van der Waals surface area (Å²) in [7, 11) is -0.624. The predicted molar refractivity (Wildman–Crippen MR) is 112 cm³/mol. The van der Waals surface area contributed by atoms with E-state index in [4.69, 9.17) is 0 Å². The second kappa shape index (κ2) is 8.18.